The van der Waals surface area contributed by atoms with E-state index in [1.807, 2.05) is 0 Å². The molecule has 0 saturated heterocycles. The first kappa shape index (κ1) is 11.1. The van der Waals surface area contributed by atoms with E-state index in [0.717, 1.165) is 25.7 Å². The molecule has 5 heteroatoms. The number of aromatic nitrogens is 2. The smallest absolute Gasteiger partial charge is 0.309 e. The SMILES string of the molecule is Cc1nc(COC(=O)C2CCCCC2)no1. The molecule has 0 aromatic carbocycles. The topological polar surface area (TPSA) is 65.2 Å². The van der Waals surface area contributed by atoms with E-state index in [1.165, 1.54) is 6.42 Å². The van der Waals surface area contributed by atoms with Gasteiger partial charge in [-0.2, -0.15) is 4.98 Å². The number of ether oxygens (including phenoxy) is 1. The molecule has 0 radical (unpaired) electrons. The molecule has 0 amide bonds. The molecule has 1 aromatic rings. The molecule has 2 rings (SSSR count). The fourth-order valence-corrected chi connectivity index (χ4v) is 1.99. The second kappa shape index (κ2) is 5.09. The molecule has 1 aliphatic carbocycles. The van der Waals surface area contributed by atoms with Gasteiger partial charge in [0.2, 0.25) is 11.7 Å². The summed E-state index contributed by atoms with van der Waals surface area (Å²) in [5, 5.41) is 3.67. The highest BCUT2D eigenvalue weighted by atomic mass is 16.5. The fourth-order valence-electron chi connectivity index (χ4n) is 1.99. The van der Waals surface area contributed by atoms with Gasteiger partial charge in [0, 0.05) is 6.92 Å². The number of carbonyl (C=O) groups excluding carboxylic acids is 1. The molecule has 1 fully saturated rings. The highest BCUT2D eigenvalue weighted by Gasteiger charge is 2.22. The zero-order valence-corrected chi connectivity index (χ0v) is 9.44. The Balaban J connectivity index is 1.78. The zero-order valence-electron chi connectivity index (χ0n) is 9.44. The normalized spacial score (nSPS) is 17.3. The minimum atomic E-state index is -0.123. The van der Waals surface area contributed by atoms with Crippen LogP contribution in [0.15, 0.2) is 4.52 Å². The van der Waals surface area contributed by atoms with Crippen LogP contribution in [0.5, 0.6) is 0 Å². The lowest BCUT2D eigenvalue weighted by molar-refractivity contribution is -0.151. The Hall–Kier alpha value is -1.39. The minimum Gasteiger partial charge on any atom is -0.457 e. The van der Waals surface area contributed by atoms with Crippen LogP contribution in [0.1, 0.15) is 43.8 Å². The molecule has 1 aromatic heterocycles. The lowest BCUT2D eigenvalue weighted by Gasteiger charge is -2.19. The third kappa shape index (κ3) is 2.81. The Morgan fingerprint density at radius 1 is 1.44 bits per heavy atom. The van der Waals surface area contributed by atoms with Crippen LogP contribution in [0, 0.1) is 12.8 Å². The van der Waals surface area contributed by atoms with Crippen molar-refractivity contribution in [2.75, 3.05) is 0 Å². The molecule has 16 heavy (non-hydrogen) atoms. The third-order valence-corrected chi connectivity index (χ3v) is 2.85. The van der Waals surface area contributed by atoms with E-state index in [-0.39, 0.29) is 18.5 Å². The molecule has 0 N–H and O–H groups in total. The molecule has 88 valence electrons. The third-order valence-electron chi connectivity index (χ3n) is 2.85. The quantitative estimate of drug-likeness (QED) is 0.735. The van der Waals surface area contributed by atoms with Crippen LogP contribution in [0.4, 0.5) is 0 Å². The maximum atomic E-state index is 11.7. The molecular weight excluding hydrogens is 208 g/mol. The molecule has 0 aliphatic heterocycles. The van der Waals surface area contributed by atoms with Crippen LogP contribution < -0.4 is 0 Å². The Morgan fingerprint density at radius 3 is 2.81 bits per heavy atom. The highest BCUT2D eigenvalue weighted by molar-refractivity contribution is 5.72. The van der Waals surface area contributed by atoms with Gasteiger partial charge < -0.3 is 9.26 Å². The Bertz CT molecular complexity index is 356. The molecule has 0 atom stereocenters. The Morgan fingerprint density at radius 2 is 2.19 bits per heavy atom. The molecule has 0 spiro atoms. The summed E-state index contributed by atoms with van der Waals surface area (Å²) in [7, 11) is 0. The molecule has 1 heterocycles. The molecule has 1 saturated carbocycles. The summed E-state index contributed by atoms with van der Waals surface area (Å²) < 4.78 is 9.95. The maximum Gasteiger partial charge on any atom is 0.309 e. The van der Waals surface area contributed by atoms with Crippen molar-refractivity contribution in [3.63, 3.8) is 0 Å². The summed E-state index contributed by atoms with van der Waals surface area (Å²) in [5.74, 6) is 0.870. The number of rotatable bonds is 3. The summed E-state index contributed by atoms with van der Waals surface area (Å²) >= 11 is 0. The average Bonchev–Trinajstić information content (AvgIpc) is 2.73. The van der Waals surface area contributed by atoms with Crippen LogP contribution in [0.3, 0.4) is 0 Å². The van der Waals surface area contributed by atoms with Gasteiger partial charge in [-0.1, -0.05) is 24.4 Å². The predicted molar refractivity (Wildman–Crippen MR) is 55.4 cm³/mol. The van der Waals surface area contributed by atoms with Crippen molar-refractivity contribution in [1.82, 2.24) is 10.1 Å². The van der Waals surface area contributed by atoms with E-state index in [1.54, 1.807) is 6.92 Å². The van der Waals surface area contributed by atoms with Gasteiger partial charge in [0.1, 0.15) is 0 Å². The van der Waals surface area contributed by atoms with Gasteiger partial charge in [0.15, 0.2) is 6.61 Å². The van der Waals surface area contributed by atoms with Gasteiger partial charge in [-0.05, 0) is 12.8 Å². The highest BCUT2D eigenvalue weighted by Crippen LogP contribution is 2.24. The Kier molecular flexibility index (Phi) is 3.54. The first-order chi connectivity index (χ1) is 7.75. The largest absolute Gasteiger partial charge is 0.457 e. The van der Waals surface area contributed by atoms with Crippen molar-refractivity contribution in [2.45, 2.75) is 45.6 Å². The van der Waals surface area contributed by atoms with E-state index in [9.17, 15) is 4.79 Å². The van der Waals surface area contributed by atoms with E-state index in [4.69, 9.17) is 9.26 Å². The zero-order chi connectivity index (χ0) is 11.4. The summed E-state index contributed by atoms with van der Waals surface area (Å²) in [4.78, 5) is 15.6. The van der Waals surface area contributed by atoms with Crippen LogP contribution >= 0.6 is 0 Å². The lowest BCUT2D eigenvalue weighted by Crippen LogP contribution is -2.20. The van der Waals surface area contributed by atoms with Crippen molar-refractivity contribution in [3.05, 3.63) is 11.7 Å². The van der Waals surface area contributed by atoms with Gasteiger partial charge in [-0.3, -0.25) is 4.79 Å². The summed E-state index contributed by atoms with van der Waals surface area (Å²) in [5.41, 5.74) is 0. The van der Waals surface area contributed by atoms with Crippen molar-refractivity contribution < 1.29 is 14.1 Å². The summed E-state index contributed by atoms with van der Waals surface area (Å²) in [6.45, 7) is 1.83. The van der Waals surface area contributed by atoms with Crippen molar-refractivity contribution >= 4 is 5.97 Å². The summed E-state index contributed by atoms with van der Waals surface area (Å²) in [6, 6.07) is 0. The predicted octanol–water partition coefficient (Wildman–Crippen LogP) is 2.00. The fraction of sp³-hybridized carbons (Fsp3) is 0.727. The van der Waals surface area contributed by atoms with E-state index in [2.05, 4.69) is 10.1 Å². The first-order valence-electron chi connectivity index (χ1n) is 5.71. The average molecular weight is 224 g/mol. The van der Waals surface area contributed by atoms with Gasteiger partial charge in [-0.15, -0.1) is 0 Å². The van der Waals surface area contributed by atoms with E-state index in [0.29, 0.717) is 11.7 Å². The molecule has 5 nitrogen and oxygen atoms in total. The number of esters is 1. The summed E-state index contributed by atoms with van der Waals surface area (Å²) in [6.07, 6.45) is 5.38. The Labute approximate surface area is 94.2 Å². The van der Waals surface area contributed by atoms with Crippen molar-refractivity contribution in [2.24, 2.45) is 5.92 Å². The lowest BCUT2D eigenvalue weighted by atomic mass is 9.89. The molecule has 1 aliphatic rings. The molecular formula is C11H16N2O3. The van der Waals surface area contributed by atoms with Gasteiger partial charge in [0.25, 0.3) is 0 Å². The number of carbonyl (C=O) groups is 1. The van der Waals surface area contributed by atoms with Gasteiger partial charge >= 0.3 is 5.97 Å². The first-order valence-corrected chi connectivity index (χ1v) is 5.71. The second-order valence-corrected chi connectivity index (χ2v) is 4.17. The van der Waals surface area contributed by atoms with E-state index < -0.39 is 0 Å². The number of nitrogens with zero attached hydrogens (tertiary/aromatic N) is 2. The second-order valence-electron chi connectivity index (χ2n) is 4.17. The van der Waals surface area contributed by atoms with E-state index >= 15 is 0 Å². The molecule has 0 unspecified atom stereocenters. The van der Waals surface area contributed by atoms with Crippen molar-refractivity contribution in [1.29, 1.82) is 0 Å². The standard InChI is InChI=1S/C11H16N2O3/c1-8-12-10(13-16-8)7-15-11(14)9-5-3-2-4-6-9/h9H,2-7H2,1H3. The van der Waals surface area contributed by atoms with Crippen LogP contribution in [0.2, 0.25) is 0 Å². The van der Waals surface area contributed by atoms with Gasteiger partial charge in [0.05, 0.1) is 5.92 Å². The van der Waals surface area contributed by atoms with Crippen LogP contribution in [-0.4, -0.2) is 16.1 Å². The van der Waals surface area contributed by atoms with Gasteiger partial charge in [-0.25, -0.2) is 0 Å². The minimum absolute atomic E-state index is 0.0711. The number of hydrogen-bond donors (Lipinski definition) is 0. The van der Waals surface area contributed by atoms with Crippen LogP contribution in [-0.2, 0) is 16.1 Å². The van der Waals surface area contributed by atoms with Crippen LogP contribution in [0.25, 0.3) is 0 Å². The number of aryl methyl sites for hydroxylation is 1. The maximum absolute atomic E-state index is 11.7. The molecule has 0 bridgehead atoms. The monoisotopic (exact) mass is 224 g/mol. The number of hydrogen-bond acceptors (Lipinski definition) is 5. The van der Waals surface area contributed by atoms with Crippen molar-refractivity contribution in [3.8, 4) is 0 Å².